The SMILES string of the molecule is CCCCCCC(C)CCCCCCCCC(C)C(=O)O.O=C(O)CCC(=O)OC(=O)CCC(=O)O. The van der Waals surface area contributed by atoms with E-state index < -0.39 is 55.5 Å². The van der Waals surface area contributed by atoms with Gasteiger partial charge in [0.05, 0.1) is 31.6 Å². The van der Waals surface area contributed by atoms with E-state index in [-0.39, 0.29) is 5.92 Å². The zero-order chi connectivity index (χ0) is 27.8. The lowest BCUT2D eigenvalue weighted by molar-refractivity contribution is -0.162. The molecule has 0 aromatic carbocycles. The number of ether oxygens (including phenoxy) is 1. The van der Waals surface area contributed by atoms with Gasteiger partial charge in [0.2, 0.25) is 0 Å². The van der Waals surface area contributed by atoms with Gasteiger partial charge in [-0.05, 0) is 12.3 Å². The maximum absolute atomic E-state index is 10.7. The Balaban J connectivity index is 0. The smallest absolute Gasteiger partial charge is 0.314 e. The molecule has 9 heteroatoms. The Hall–Kier alpha value is -2.45. The minimum atomic E-state index is -1.18. The third-order valence-electron chi connectivity index (χ3n) is 5.87. The molecule has 0 saturated carbocycles. The average Bonchev–Trinajstić information content (AvgIpc) is 2.81. The van der Waals surface area contributed by atoms with Gasteiger partial charge in [0, 0.05) is 0 Å². The fourth-order valence-corrected chi connectivity index (χ4v) is 3.48. The Morgan fingerprint density at radius 2 is 0.972 bits per heavy atom. The van der Waals surface area contributed by atoms with E-state index in [9.17, 15) is 24.0 Å². The van der Waals surface area contributed by atoms with Crippen LogP contribution in [0.15, 0.2) is 0 Å². The molecule has 0 heterocycles. The summed E-state index contributed by atoms with van der Waals surface area (Å²) in [6.45, 7) is 6.48. The Kier molecular flexibility index (Phi) is 24.1. The van der Waals surface area contributed by atoms with E-state index in [0.29, 0.717) is 0 Å². The molecular formula is C27H48O9. The Morgan fingerprint density at radius 3 is 1.36 bits per heavy atom. The Bertz CT molecular complexity index is 603. The monoisotopic (exact) mass is 516 g/mol. The van der Waals surface area contributed by atoms with Crippen molar-refractivity contribution < 1.29 is 44.0 Å². The molecule has 0 saturated heterocycles. The van der Waals surface area contributed by atoms with Crippen molar-refractivity contribution in [2.75, 3.05) is 0 Å². The number of aliphatic carboxylic acids is 3. The second-order valence-corrected chi connectivity index (χ2v) is 9.53. The van der Waals surface area contributed by atoms with Gasteiger partial charge in [0.1, 0.15) is 0 Å². The van der Waals surface area contributed by atoms with Gasteiger partial charge in [0.15, 0.2) is 0 Å². The molecule has 0 fully saturated rings. The Labute approximate surface area is 216 Å². The lowest BCUT2D eigenvalue weighted by atomic mass is 9.96. The first-order chi connectivity index (χ1) is 17.0. The minimum absolute atomic E-state index is 0.168. The molecule has 0 aliphatic carbocycles. The number of carbonyl (C=O) groups excluding carboxylic acids is 2. The van der Waals surface area contributed by atoms with Crippen LogP contribution in [0.5, 0.6) is 0 Å². The van der Waals surface area contributed by atoms with Gasteiger partial charge in [-0.2, -0.15) is 0 Å². The maximum Gasteiger partial charge on any atom is 0.314 e. The summed E-state index contributed by atoms with van der Waals surface area (Å²) in [5.41, 5.74) is 0. The van der Waals surface area contributed by atoms with E-state index in [4.69, 9.17) is 15.3 Å². The molecule has 2 atom stereocenters. The number of carboxylic acids is 3. The molecule has 0 aliphatic rings. The molecular weight excluding hydrogens is 468 g/mol. The fourth-order valence-electron chi connectivity index (χ4n) is 3.48. The van der Waals surface area contributed by atoms with Crippen molar-refractivity contribution in [2.45, 2.75) is 130 Å². The van der Waals surface area contributed by atoms with E-state index in [1.807, 2.05) is 6.92 Å². The summed E-state index contributed by atoms with van der Waals surface area (Å²) in [4.78, 5) is 52.2. The van der Waals surface area contributed by atoms with Crippen molar-refractivity contribution >= 4 is 29.8 Å². The van der Waals surface area contributed by atoms with Crippen LogP contribution >= 0.6 is 0 Å². The van der Waals surface area contributed by atoms with Gasteiger partial charge in [-0.15, -0.1) is 0 Å². The van der Waals surface area contributed by atoms with Crippen molar-refractivity contribution in [3.8, 4) is 0 Å². The van der Waals surface area contributed by atoms with Crippen molar-refractivity contribution in [3.63, 3.8) is 0 Å². The van der Waals surface area contributed by atoms with Crippen molar-refractivity contribution in [1.29, 1.82) is 0 Å². The topological polar surface area (TPSA) is 155 Å². The van der Waals surface area contributed by atoms with Crippen LogP contribution in [-0.4, -0.2) is 45.2 Å². The largest absolute Gasteiger partial charge is 0.481 e. The van der Waals surface area contributed by atoms with E-state index in [1.54, 1.807) is 0 Å². The van der Waals surface area contributed by atoms with Crippen molar-refractivity contribution in [2.24, 2.45) is 11.8 Å². The number of carboxylic acid groups (broad SMARTS) is 3. The first-order valence-electron chi connectivity index (χ1n) is 13.4. The number of hydrogen-bond acceptors (Lipinski definition) is 6. The standard InChI is InChI=1S/C19H38O2.C8H10O7/c1-4-5-6-11-14-17(2)15-12-9-7-8-10-13-16-18(3)19(20)21;9-5(10)1-3-7(13)15-8(14)4-2-6(11)12/h17-18H,4-16H2,1-3H3,(H,20,21);1-4H2,(H,9,10)(H,11,12). The summed E-state index contributed by atoms with van der Waals surface area (Å²) < 4.78 is 4.15. The third-order valence-corrected chi connectivity index (χ3v) is 5.87. The first kappa shape index (κ1) is 35.7. The molecule has 0 aromatic heterocycles. The maximum atomic E-state index is 10.7. The molecule has 0 spiro atoms. The summed E-state index contributed by atoms with van der Waals surface area (Å²) in [6, 6.07) is 0. The first-order valence-corrected chi connectivity index (χ1v) is 13.4. The molecule has 0 aliphatic heterocycles. The number of hydrogen-bond donors (Lipinski definition) is 3. The molecule has 2 unspecified atom stereocenters. The van der Waals surface area contributed by atoms with Gasteiger partial charge in [-0.3, -0.25) is 24.0 Å². The summed E-state index contributed by atoms with van der Waals surface area (Å²) in [5.74, 6) is -4.20. The van der Waals surface area contributed by atoms with Crippen LogP contribution in [-0.2, 0) is 28.7 Å². The molecule has 36 heavy (non-hydrogen) atoms. The average molecular weight is 517 g/mol. The second kappa shape index (κ2) is 24.3. The highest BCUT2D eigenvalue weighted by molar-refractivity contribution is 5.88. The highest BCUT2D eigenvalue weighted by Crippen LogP contribution is 2.18. The van der Waals surface area contributed by atoms with E-state index in [0.717, 1.165) is 18.8 Å². The van der Waals surface area contributed by atoms with Crippen molar-refractivity contribution in [1.82, 2.24) is 0 Å². The van der Waals surface area contributed by atoms with Crippen LogP contribution < -0.4 is 0 Å². The predicted octanol–water partition coefficient (Wildman–Crippen LogP) is 6.22. The second-order valence-electron chi connectivity index (χ2n) is 9.53. The summed E-state index contributed by atoms with van der Waals surface area (Å²) >= 11 is 0. The van der Waals surface area contributed by atoms with Crippen LogP contribution in [0, 0.1) is 11.8 Å². The van der Waals surface area contributed by atoms with Crippen molar-refractivity contribution in [3.05, 3.63) is 0 Å². The van der Waals surface area contributed by atoms with Gasteiger partial charge >= 0.3 is 29.8 Å². The molecule has 0 bridgehead atoms. The normalized spacial score (nSPS) is 12.1. The number of unbranched alkanes of at least 4 members (excludes halogenated alkanes) is 8. The quantitative estimate of drug-likeness (QED) is 0.0915. The zero-order valence-electron chi connectivity index (χ0n) is 22.5. The summed E-state index contributed by atoms with van der Waals surface area (Å²) in [7, 11) is 0. The van der Waals surface area contributed by atoms with Crippen LogP contribution in [0.1, 0.15) is 130 Å². The molecule has 0 rings (SSSR count). The lowest BCUT2D eigenvalue weighted by Crippen LogP contribution is -2.14. The van der Waals surface area contributed by atoms with Gasteiger partial charge < -0.3 is 20.1 Å². The summed E-state index contributed by atoms with van der Waals surface area (Å²) in [6.07, 6.45) is 15.1. The number of rotatable bonds is 21. The highest BCUT2D eigenvalue weighted by atomic mass is 16.6. The van der Waals surface area contributed by atoms with Gasteiger partial charge in [-0.1, -0.05) is 97.8 Å². The van der Waals surface area contributed by atoms with Gasteiger partial charge in [0.25, 0.3) is 0 Å². The zero-order valence-corrected chi connectivity index (χ0v) is 22.5. The molecule has 0 amide bonds. The molecule has 9 nitrogen and oxygen atoms in total. The summed E-state index contributed by atoms with van der Waals surface area (Å²) in [5, 5.41) is 25.2. The van der Waals surface area contributed by atoms with E-state index in [2.05, 4.69) is 18.6 Å². The fraction of sp³-hybridized carbons (Fsp3) is 0.815. The third kappa shape index (κ3) is 27.8. The number of carbonyl (C=O) groups is 5. The highest BCUT2D eigenvalue weighted by Gasteiger charge is 2.13. The number of esters is 2. The molecule has 0 radical (unpaired) electrons. The van der Waals surface area contributed by atoms with E-state index in [1.165, 1.54) is 70.6 Å². The van der Waals surface area contributed by atoms with Crippen LogP contribution in [0.4, 0.5) is 0 Å². The van der Waals surface area contributed by atoms with E-state index >= 15 is 0 Å². The molecule has 210 valence electrons. The van der Waals surface area contributed by atoms with Crippen LogP contribution in [0.25, 0.3) is 0 Å². The molecule has 3 N–H and O–H groups in total. The van der Waals surface area contributed by atoms with Gasteiger partial charge in [-0.25, -0.2) is 0 Å². The predicted molar refractivity (Wildman–Crippen MR) is 136 cm³/mol. The lowest BCUT2D eigenvalue weighted by Gasteiger charge is -2.11. The Morgan fingerprint density at radius 1 is 0.583 bits per heavy atom. The molecule has 0 aromatic rings. The van der Waals surface area contributed by atoms with Crippen LogP contribution in [0.3, 0.4) is 0 Å². The van der Waals surface area contributed by atoms with Crippen LogP contribution in [0.2, 0.25) is 0 Å². The minimum Gasteiger partial charge on any atom is -0.481 e.